The highest BCUT2D eigenvalue weighted by Crippen LogP contribution is 2.31. The highest BCUT2D eigenvalue weighted by molar-refractivity contribution is 8.03. The Balaban J connectivity index is 0.00000281. The predicted molar refractivity (Wildman–Crippen MR) is 149 cm³/mol. The van der Waals surface area contributed by atoms with Crippen LogP contribution < -0.4 is 16.9 Å². The number of hydrogen-bond donors (Lipinski definition) is 4. The standard InChI is InChI=1S/C24H29ClN6S.CH5N/c1-5-6-7-22(28-2)24(26)30(3)23(32-21-14-12-20(25)13-15-21)16-18-8-10-19(11-9-18)17-29-31(4)27;1-2/h5-17,26,28H,27H2,1-4H3;2H2,1H3/b6-5-,22-7-,23-16-,26-24?,29-17+;. The Bertz CT molecular complexity index is 1010. The molecule has 0 heterocycles. The molecule has 0 aromatic heterocycles. The number of nitrogens with one attached hydrogen (secondary N) is 2. The zero-order valence-electron chi connectivity index (χ0n) is 20.3. The van der Waals surface area contributed by atoms with Crippen LogP contribution in [0.4, 0.5) is 0 Å². The Morgan fingerprint density at radius 2 is 1.65 bits per heavy atom. The van der Waals surface area contributed by atoms with E-state index >= 15 is 0 Å². The average Bonchev–Trinajstić information content (AvgIpc) is 2.85. The minimum atomic E-state index is 0.355. The van der Waals surface area contributed by atoms with Crippen LogP contribution in [0.3, 0.4) is 0 Å². The van der Waals surface area contributed by atoms with Gasteiger partial charge in [0.05, 0.1) is 16.9 Å². The van der Waals surface area contributed by atoms with E-state index in [0.29, 0.717) is 16.6 Å². The molecule has 0 aliphatic carbocycles. The zero-order valence-corrected chi connectivity index (χ0v) is 21.9. The summed E-state index contributed by atoms with van der Waals surface area (Å²) in [6.07, 6.45) is 9.46. The van der Waals surface area contributed by atoms with Crippen molar-refractivity contribution >= 4 is 41.5 Å². The molecule has 0 aliphatic heterocycles. The van der Waals surface area contributed by atoms with Gasteiger partial charge in [0.2, 0.25) is 0 Å². The molecule has 0 fully saturated rings. The molecule has 0 amide bonds. The third-order valence-electron chi connectivity index (χ3n) is 4.30. The normalized spacial score (nSPS) is 11.9. The zero-order chi connectivity index (χ0) is 25.5. The van der Waals surface area contributed by atoms with Gasteiger partial charge in [0.1, 0.15) is 5.84 Å². The fourth-order valence-electron chi connectivity index (χ4n) is 2.56. The summed E-state index contributed by atoms with van der Waals surface area (Å²) in [5.41, 5.74) is 7.16. The lowest BCUT2D eigenvalue weighted by atomic mass is 10.1. The summed E-state index contributed by atoms with van der Waals surface area (Å²) in [5, 5.41) is 18.7. The highest BCUT2D eigenvalue weighted by Gasteiger charge is 2.15. The van der Waals surface area contributed by atoms with Gasteiger partial charge in [0.25, 0.3) is 0 Å². The molecule has 0 atom stereocenters. The summed E-state index contributed by atoms with van der Waals surface area (Å²) in [6.45, 7) is 1.94. The van der Waals surface area contributed by atoms with E-state index in [1.807, 2.05) is 98.8 Å². The maximum atomic E-state index is 8.71. The molecule has 34 heavy (non-hydrogen) atoms. The summed E-state index contributed by atoms with van der Waals surface area (Å²) in [4.78, 5) is 2.88. The van der Waals surface area contributed by atoms with E-state index in [9.17, 15) is 0 Å². The van der Waals surface area contributed by atoms with Gasteiger partial charge >= 0.3 is 0 Å². The molecule has 0 saturated heterocycles. The molecule has 0 saturated carbocycles. The van der Waals surface area contributed by atoms with Crippen LogP contribution in [0.5, 0.6) is 0 Å². The van der Waals surface area contributed by atoms with E-state index in [4.69, 9.17) is 22.9 Å². The van der Waals surface area contributed by atoms with Gasteiger partial charge in [-0.15, -0.1) is 0 Å². The van der Waals surface area contributed by atoms with Crippen molar-refractivity contribution in [2.24, 2.45) is 16.7 Å². The summed E-state index contributed by atoms with van der Waals surface area (Å²) in [5.74, 6) is 5.88. The Labute approximate surface area is 212 Å². The fourth-order valence-corrected chi connectivity index (χ4v) is 3.62. The van der Waals surface area contributed by atoms with Crippen LogP contribution in [-0.4, -0.2) is 50.3 Å². The number of nitrogens with zero attached hydrogens (tertiary/aromatic N) is 3. The number of hydrogen-bond acceptors (Lipinski definition) is 7. The third-order valence-corrected chi connectivity index (χ3v) is 5.66. The number of nitrogens with two attached hydrogens (primary N) is 2. The maximum Gasteiger partial charge on any atom is 0.149 e. The second-order valence-electron chi connectivity index (χ2n) is 6.79. The van der Waals surface area contributed by atoms with Crippen molar-refractivity contribution in [1.82, 2.24) is 15.3 Å². The summed E-state index contributed by atoms with van der Waals surface area (Å²) in [7, 11) is 6.87. The fraction of sp³-hybridized carbons (Fsp3) is 0.200. The van der Waals surface area contributed by atoms with Gasteiger partial charge in [-0.1, -0.05) is 59.8 Å². The molecule has 0 aliphatic rings. The van der Waals surface area contributed by atoms with E-state index in [-0.39, 0.29) is 0 Å². The number of hydrazone groups is 1. The molecular formula is C25H34ClN7S. The van der Waals surface area contributed by atoms with E-state index in [1.165, 1.54) is 12.2 Å². The van der Waals surface area contributed by atoms with Gasteiger partial charge in [0.15, 0.2) is 0 Å². The summed E-state index contributed by atoms with van der Waals surface area (Å²) in [6, 6.07) is 15.6. The van der Waals surface area contributed by atoms with Crippen molar-refractivity contribution in [3.63, 3.8) is 0 Å². The SMILES string of the molecule is C/C=C\C=C(/NC)C(=N)N(C)/C(=C/c1ccc(/C=N/N(C)N)cc1)Sc1ccc(Cl)cc1.CN. The van der Waals surface area contributed by atoms with Gasteiger partial charge in [0, 0.05) is 31.1 Å². The van der Waals surface area contributed by atoms with Crippen LogP contribution in [0.2, 0.25) is 5.02 Å². The molecule has 0 unspecified atom stereocenters. The third kappa shape index (κ3) is 9.84. The van der Waals surface area contributed by atoms with Crippen LogP contribution >= 0.6 is 23.4 Å². The first-order chi connectivity index (χ1) is 16.3. The van der Waals surface area contributed by atoms with Gasteiger partial charge < -0.3 is 16.0 Å². The first-order valence-electron chi connectivity index (χ1n) is 10.5. The Morgan fingerprint density at radius 1 is 1.06 bits per heavy atom. The van der Waals surface area contributed by atoms with Gasteiger partial charge in [-0.2, -0.15) is 5.10 Å². The number of amidine groups is 1. The smallest absolute Gasteiger partial charge is 0.149 e. The quantitative estimate of drug-likeness (QED) is 0.0991. The van der Waals surface area contributed by atoms with Gasteiger partial charge in [-0.3, -0.25) is 5.41 Å². The Morgan fingerprint density at radius 3 is 2.18 bits per heavy atom. The summed E-state index contributed by atoms with van der Waals surface area (Å²) >= 11 is 7.61. The molecule has 2 aromatic rings. The largest absolute Gasteiger partial charge is 0.385 e. The molecule has 0 spiro atoms. The van der Waals surface area contributed by atoms with Gasteiger partial charge in [-0.25, -0.2) is 11.0 Å². The van der Waals surface area contributed by atoms with Crippen LogP contribution in [0.25, 0.3) is 6.08 Å². The monoisotopic (exact) mass is 499 g/mol. The minimum absolute atomic E-state index is 0.355. The Hall–Kier alpha value is -3.04. The number of hydrazine groups is 1. The van der Waals surface area contributed by atoms with Crippen molar-refractivity contribution < 1.29 is 0 Å². The lowest BCUT2D eigenvalue weighted by Gasteiger charge is -2.24. The molecule has 0 bridgehead atoms. The van der Waals surface area contributed by atoms with Crippen molar-refractivity contribution in [2.75, 3.05) is 28.2 Å². The van der Waals surface area contributed by atoms with E-state index in [0.717, 1.165) is 21.1 Å². The number of likely N-dealkylation sites (N-methyl/N-ethyl adjacent to an activating group) is 2. The van der Waals surface area contributed by atoms with Crippen LogP contribution in [-0.2, 0) is 0 Å². The number of thioether (sulfide) groups is 1. The van der Waals surface area contributed by atoms with E-state index in [1.54, 1.807) is 25.0 Å². The molecule has 182 valence electrons. The molecule has 0 radical (unpaired) electrons. The molecule has 2 rings (SSSR count). The lowest BCUT2D eigenvalue weighted by Crippen LogP contribution is -2.30. The van der Waals surface area contributed by atoms with Crippen LogP contribution in [0, 0.1) is 5.41 Å². The first-order valence-corrected chi connectivity index (χ1v) is 11.7. The predicted octanol–water partition coefficient (Wildman–Crippen LogP) is 4.73. The second kappa shape index (κ2) is 15.7. The van der Waals surface area contributed by atoms with Crippen molar-refractivity contribution in [3.8, 4) is 0 Å². The topological polar surface area (TPSA) is 107 Å². The number of rotatable bonds is 9. The van der Waals surface area contributed by atoms with E-state index < -0.39 is 0 Å². The lowest BCUT2D eigenvalue weighted by molar-refractivity contribution is 0.374. The first kappa shape index (κ1) is 29.0. The van der Waals surface area contributed by atoms with Crippen molar-refractivity contribution in [1.29, 1.82) is 5.41 Å². The van der Waals surface area contributed by atoms with Crippen LogP contribution in [0.1, 0.15) is 18.1 Å². The minimum Gasteiger partial charge on any atom is -0.385 e. The second-order valence-corrected chi connectivity index (χ2v) is 8.32. The average molecular weight is 500 g/mol. The molecule has 9 heteroatoms. The van der Waals surface area contributed by atoms with Crippen LogP contribution in [0.15, 0.2) is 87.5 Å². The molecule has 7 nitrogen and oxygen atoms in total. The van der Waals surface area contributed by atoms with Crippen molar-refractivity contribution in [3.05, 3.63) is 93.6 Å². The highest BCUT2D eigenvalue weighted by atomic mass is 35.5. The maximum absolute atomic E-state index is 8.71. The number of allylic oxidation sites excluding steroid dienone is 3. The van der Waals surface area contributed by atoms with E-state index in [2.05, 4.69) is 16.2 Å². The molecule has 6 N–H and O–H groups in total. The summed E-state index contributed by atoms with van der Waals surface area (Å²) < 4.78 is 0. The van der Waals surface area contributed by atoms with Crippen molar-refractivity contribution in [2.45, 2.75) is 11.8 Å². The number of benzene rings is 2. The van der Waals surface area contributed by atoms with Gasteiger partial charge in [-0.05, 0) is 61.5 Å². The molecular weight excluding hydrogens is 466 g/mol. The molecule has 2 aromatic carbocycles. The Kier molecular flexibility index (Phi) is 13.4. The number of halogens is 1.